The molecule has 0 aromatic carbocycles. The highest BCUT2D eigenvalue weighted by atomic mass is 32.1. The van der Waals surface area contributed by atoms with E-state index in [9.17, 15) is 0 Å². The van der Waals surface area contributed by atoms with Crippen molar-refractivity contribution >= 4 is 11.3 Å². The van der Waals surface area contributed by atoms with Gasteiger partial charge in [0.15, 0.2) is 0 Å². The molecule has 0 radical (unpaired) electrons. The second kappa shape index (κ2) is 5.58. The Labute approximate surface area is 96.1 Å². The van der Waals surface area contributed by atoms with Gasteiger partial charge in [-0.2, -0.15) is 0 Å². The number of nitrogens with zero attached hydrogens (tertiary/aromatic N) is 1. The highest BCUT2D eigenvalue weighted by Gasteiger charge is 2.19. The molecule has 0 bridgehead atoms. The Kier molecular flexibility index (Phi) is 4.70. The summed E-state index contributed by atoms with van der Waals surface area (Å²) in [6.07, 6.45) is 2.84. The Hall–Kier alpha value is -0.450. The summed E-state index contributed by atoms with van der Waals surface area (Å²) in [7, 11) is 0. The van der Waals surface area contributed by atoms with Crippen LogP contribution < -0.4 is 11.1 Å². The Bertz CT molecular complexity index is 264. The maximum Gasteiger partial charge on any atom is 0.106 e. The molecular formula is C11H21N3S. The molecule has 0 fully saturated rings. The summed E-state index contributed by atoms with van der Waals surface area (Å²) in [6, 6.07) is 0.251. The highest BCUT2D eigenvalue weighted by Crippen LogP contribution is 2.19. The number of nitrogens with two attached hydrogens (primary N) is 1. The molecule has 1 atom stereocenters. The topological polar surface area (TPSA) is 50.9 Å². The molecule has 0 aliphatic rings. The second-order valence-electron chi connectivity index (χ2n) is 4.86. The minimum Gasteiger partial charge on any atom is -0.327 e. The van der Waals surface area contributed by atoms with Gasteiger partial charge in [-0.25, -0.2) is 4.98 Å². The van der Waals surface area contributed by atoms with Crippen LogP contribution >= 0.6 is 11.3 Å². The standard InChI is InChI=1S/C11H21N3S/c1-11(2,3)9(12)4-5-13-8-10-14-6-7-15-10/h6-7,9,13H,4-5,8,12H2,1-3H3. The number of thiazole rings is 1. The summed E-state index contributed by atoms with van der Waals surface area (Å²) in [5, 5.41) is 6.49. The van der Waals surface area contributed by atoms with E-state index in [1.165, 1.54) is 0 Å². The van der Waals surface area contributed by atoms with Gasteiger partial charge in [0.1, 0.15) is 5.01 Å². The molecule has 0 spiro atoms. The third-order valence-electron chi connectivity index (χ3n) is 2.50. The van der Waals surface area contributed by atoms with Gasteiger partial charge in [-0.05, 0) is 18.4 Å². The van der Waals surface area contributed by atoms with Gasteiger partial charge in [0.25, 0.3) is 0 Å². The molecule has 3 nitrogen and oxygen atoms in total. The van der Waals surface area contributed by atoms with Crippen molar-refractivity contribution in [1.29, 1.82) is 0 Å². The SMILES string of the molecule is CC(C)(C)C(N)CCNCc1nccs1. The molecule has 86 valence electrons. The van der Waals surface area contributed by atoms with Crippen LogP contribution in [0.1, 0.15) is 32.2 Å². The number of nitrogens with one attached hydrogen (secondary N) is 1. The Balaban J connectivity index is 2.12. The fourth-order valence-corrected chi connectivity index (χ4v) is 1.81. The van der Waals surface area contributed by atoms with Crippen molar-refractivity contribution in [2.24, 2.45) is 11.1 Å². The van der Waals surface area contributed by atoms with E-state index >= 15 is 0 Å². The second-order valence-corrected chi connectivity index (χ2v) is 5.84. The lowest BCUT2D eigenvalue weighted by molar-refractivity contribution is 0.302. The van der Waals surface area contributed by atoms with E-state index in [-0.39, 0.29) is 11.5 Å². The Morgan fingerprint density at radius 2 is 2.27 bits per heavy atom. The maximum atomic E-state index is 6.06. The molecule has 1 rings (SSSR count). The van der Waals surface area contributed by atoms with E-state index in [0.29, 0.717) is 0 Å². The minimum absolute atomic E-state index is 0.197. The summed E-state index contributed by atoms with van der Waals surface area (Å²) in [4.78, 5) is 4.21. The van der Waals surface area contributed by atoms with E-state index in [1.54, 1.807) is 11.3 Å². The third-order valence-corrected chi connectivity index (χ3v) is 3.28. The van der Waals surface area contributed by atoms with Crippen molar-refractivity contribution < 1.29 is 0 Å². The molecule has 0 amide bonds. The smallest absolute Gasteiger partial charge is 0.106 e. The van der Waals surface area contributed by atoms with Crippen LogP contribution in [0.5, 0.6) is 0 Å². The molecule has 1 aromatic heterocycles. The first-order chi connectivity index (χ1) is 7.00. The van der Waals surface area contributed by atoms with Crippen LogP contribution in [-0.2, 0) is 6.54 Å². The van der Waals surface area contributed by atoms with E-state index in [1.807, 2.05) is 11.6 Å². The van der Waals surface area contributed by atoms with Crippen molar-refractivity contribution in [3.05, 3.63) is 16.6 Å². The van der Waals surface area contributed by atoms with Crippen LogP contribution in [-0.4, -0.2) is 17.6 Å². The first-order valence-electron chi connectivity index (χ1n) is 5.35. The molecule has 4 heteroatoms. The average molecular weight is 227 g/mol. The summed E-state index contributed by atoms with van der Waals surface area (Å²) < 4.78 is 0. The first kappa shape index (κ1) is 12.6. The Morgan fingerprint density at radius 3 is 2.80 bits per heavy atom. The molecule has 15 heavy (non-hydrogen) atoms. The van der Waals surface area contributed by atoms with Crippen LogP contribution in [0.15, 0.2) is 11.6 Å². The zero-order chi connectivity index (χ0) is 11.3. The molecule has 0 saturated heterocycles. The summed E-state index contributed by atoms with van der Waals surface area (Å²) in [5.41, 5.74) is 6.25. The van der Waals surface area contributed by atoms with Gasteiger partial charge in [-0.3, -0.25) is 0 Å². The molecule has 1 unspecified atom stereocenters. The lowest BCUT2D eigenvalue weighted by Crippen LogP contribution is -2.37. The third kappa shape index (κ3) is 4.73. The van der Waals surface area contributed by atoms with Crippen molar-refractivity contribution in [3.8, 4) is 0 Å². The predicted octanol–water partition coefficient (Wildman–Crippen LogP) is 2.00. The molecule has 0 aliphatic carbocycles. The molecular weight excluding hydrogens is 206 g/mol. The molecule has 0 saturated carbocycles. The van der Waals surface area contributed by atoms with Gasteiger partial charge in [0.2, 0.25) is 0 Å². The number of aromatic nitrogens is 1. The van der Waals surface area contributed by atoms with Crippen LogP contribution in [0.2, 0.25) is 0 Å². The van der Waals surface area contributed by atoms with Gasteiger partial charge in [0, 0.05) is 24.2 Å². The van der Waals surface area contributed by atoms with Crippen LogP contribution in [0.3, 0.4) is 0 Å². The van der Waals surface area contributed by atoms with E-state index < -0.39 is 0 Å². The first-order valence-corrected chi connectivity index (χ1v) is 6.23. The minimum atomic E-state index is 0.197. The number of rotatable bonds is 5. The zero-order valence-electron chi connectivity index (χ0n) is 9.79. The predicted molar refractivity (Wildman–Crippen MR) is 65.9 cm³/mol. The van der Waals surface area contributed by atoms with Crippen LogP contribution in [0.25, 0.3) is 0 Å². The maximum absolute atomic E-state index is 6.06. The fraction of sp³-hybridized carbons (Fsp3) is 0.727. The van der Waals surface area contributed by atoms with Gasteiger partial charge in [0.05, 0.1) is 0 Å². The molecule has 1 aromatic rings. The molecule has 3 N–H and O–H groups in total. The zero-order valence-corrected chi connectivity index (χ0v) is 10.6. The van der Waals surface area contributed by atoms with E-state index in [0.717, 1.165) is 24.5 Å². The Morgan fingerprint density at radius 1 is 1.53 bits per heavy atom. The van der Waals surface area contributed by atoms with Crippen molar-refractivity contribution in [3.63, 3.8) is 0 Å². The number of hydrogen-bond donors (Lipinski definition) is 2. The van der Waals surface area contributed by atoms with Gasteiger partial charge in [-0.15, -0.1) is 11.3 Å². The number of hydrogen-bond acceptors (Lipinski definition) is 4. The summed E-state index contributed by atoms with van der Waals surface area (Å²) >= 11 is 1.68. The van der Waals surface area contributed by atoms with Crippen molar-refractivity contribution in [2.45, 2.75) is 39.8 Å². The van der Waals surface area contributed by atoms with Gasteiger partial charge in [-0.1, -0.05) is 20.8 Å². The summed E-state index contributed by atoms with van der Waals surface area (Å²) in [5.74, 6) is 0. The van der Waals surface area contributed by atoms with Crippen LogP contribution in [0, 0.1) is 5.41 Å². The summed E-state index contributed by atoms with van der Waals surface area (Å²) in [6.45, 7) is 8.35. The lowest BCUT2D eigenvalue weighted by atomic mass is 9.85. The highest BCUT2D eigenvalue weighted by molar-refractivity contribution is 7.09. The van der Waals surface area contributed by atoms with Gasteiger partial charge >= 0.3 is 0 Å². The lowest BCUT2D eigenvalue weighted by Gasteiger charge is -2.26. The van der Waals surface area contributed by atoms with E-state index in [2.05, 4.69) is 31.1 Å². The molecule has 1 heterocycles. The van der Waals surface area contributed by atoms with Gasteiger partial charge < -0.3 is 11.1 Å². The van der Waals surface area contributed by atoms with Crippen molar-refractivity contribution in [1.82, 2.24) is 10.3 Å². The van der Waals surface area contributed by atoms with E-state index in [4.69, 9.17) is 5.73 Å². The molecule has 0 aliphatic heterocycles. The normalized spacial score (nSPS) is 14.1. The van der Waals surface area contributed by atoms with Crippen molar-refractivity contribution in [2.75, 3.05) is 6.54 Å². The quantitative estimate of drug-likeness (QED) is 0.756. The monoisotopic (exact) mass is 227 g/mol. The average Bonchev–Trinajstić information content (AvgIpc) is 2.63. The largest absolute Gasteiger partial charge is 0.327 e. The fourth-order valence-electron chi connectivity index (χ4n) is 1.23. The van der Waals surface area contributed by atoms with Crippen LogP contribution in [0.4, 0.5) is 0 Å².